The van der Waals surface area contributed by atoms with E-state index in [1.807, 2.05) is 13.0 Å². The molecule has 0 saturated carbocycles. The number of benzene rings is 2. The molecule has 2 rings (SSSR count). The standard InChI is InChI=1S/C17H19F2NO/c1-3-20-16(10-12-5-4-6-13(18)9-12)15-11-14(19)7-8-17(15)21-2/h4-9,11,16,20H,3,10H2,1-2H3. The van der Waals surface area contributed by atoms with Crippen molar-refractivity contribution in [3.63, 3.8) is 0 Å². The van der Waals surface area contributed by atoms with Crippen molar-refractivity contribution in [1.29, 1.82) is 0 Å². The van der Waals surface area contributed by atoms with Crippen molar-refractivity contribution >= 4 is 0 Å². The van der Waals surface area contributed by atoms with Crippen molar-refractivity contribution in [2.45, 2.75) is 19.4 Å². The molecule has 4 heteroatoms. The van der Waals surface area contributed by atoms with Gasteiger partial charge in [0.1, 0.15) is 17.4 Å². The van der Waals surface area contributed by atoms with Gasteiger partial charge in [-0.3, -0.25) is 0 Å². The summed E-state index contributed by atoms with van der Waals surface area (Å²) < 4.78 is 32.2. The second-order valence-electron chi connectivity index (χ2n) is 4.83. The Hall–Kier alpha value is -1.94. The molecule has 2 nitrogen and oxygen atoms in total. The van der Waals surface area contributed by atoms with E-state index < -0.39 is 0 Å². The fourth-order valence-electron chi connectivity index (χ4n) is 2.42. The first-order valence-corrected chi connectivity index (χ1v) is 6.95. The average molecular weight is 291 g/mol. The van der Waals surface area contributed by atoms with E-state index in [1.54, 1.807) is 19.2 Å². The van der Waals surface area contributed by atoms with E-state index in [0.717, 1.165) is 17.7 Å². The van der Waals surface area contributed by atoms with Crippen molar-refractivity contribution in [2.75, 3.05) is 13.7 Å². The van der Waals surface area contributed by atoms with Gasteiger partial charge < -0.3 is 10.1 Å². The monoisotopic (exact) mass is 291 g/mol. The first-order valence-electron chi connectivity index (χ1n) is 6.95. The van der Waals surface area contributed by atoms with Crippen molar-refractivity contribution in [1.82, 2.24) is 5.32 Å². The van der Waals surface area contributed by atoms with Gasteiger partial charge in [-0.15, -0.1) is 0 Å². The summed E-state index contributed by atoms with van der Waals surface area (Å²) in [6.07, 6.45) is 0.561. The molecule has 0 radical (unpaired) electrons. The van der Waals surface area contributed by atoms with Crippen LogP contribution in [0.3, 0.4) is 0 Å². The Morgan fingerprint density at radius 1 is 1.10 bits per heavy atom. The lowest BCUT2D eigenvalue weighted by atomic mass is 9.97. The maximum Gasteiger partial charge on any atom is 0.123 e. The first-order chi connectivity index (χ1) is 10.1. The van der Waals surface area contributed by atoms with E-state index >= 15 is 0 Å². The van der Waals surface area contributed by atoms with Gasteiger partial charge in [0.25, 0.3) is 0 Å². The van der Waals surface area contributed by atoms with Crippen LogP contribution in [0.4, 0.5) is 8.78 Å². The number of hydrogen-bond acceptors (Lipinski definition) is 2. The minimum absolute atomic E-state index is 0.137. The zero-order valence-corrected chi connectivity index (χ0v) is 12.2. The summed E-state index contributed by atoms with van der Waals surface area (Å²) in [5.74, 6) is 0.0423. The van der Waals surface area contributed by atoms with E-state index in [4.69, 9.17) is 4.74 Å². The molecule has 21 heavy (non-hydrogen) atoms. The molecule has 1 unspecified atom stereocenters. The summed E-state index contributed by atoms with van der Waals surface area (Å²) in [5.41, 5.74) is 1.59. The molecular formula is C17H19F2NO. The number of ether oxygens (including phenoxy) is 1. The van der Waals surface area contributed by atoms with Crippen LogP contribution in [0.2, 0.25) is 0 Å². The first kappa shape index (κ1) is 15.4. The number of halogens is 2. The molecule has 1 N–H and O–H groups in total. The van der Waals surface area contributed by atoms with E-state index in [2.05, 4.69) is 5.32 Å². The summed E-state index contributed by atoms with van der Waals surface area (Å²) in [4.78, 5) is 0. The van der Waals surface area contributed by atoms with Crippen LogP contribution in [0.15, 0.2) is 42.5 Å². The highest BCUT2D eigenvalue weighted by atomic mass is 19.1. The van der Waals surface area contributed by atoms with Gasteiger partial charge in [0.2, 0.25) is 0 Å². The van der Waals surface area contributed by atoms with E-state index in [9.17, 15) is 8.78 Å². The van der Waals surface area contributed by atoms with Gasteiger partial charge in [-0.05, 0) is 48.9 Å². The number of likely N-dealkylation sites (N-methyl/N-ethyl adjacent to an activating group) is 1. The Morgan fingerprint density at radius 2 is 1.86 bits per heavy atom. The normalized spacial score (nSPS) is 12.2. The fraction of sp³-hybridized carbons (Fsp3) is 0.294. The second-order valence-corrected chi connectivity index (χ2v) is 4.83. The van der Waals surface area contributed by atoms with Gasteiger partial charge in [0.15, 0.2) is 0 Å². The van der Waals surface area contributed by atoms with Crippen LogP contribution < -0.4 is 10.1 Å². The second kappa shape index (κ2) is 7.18. The molecule has 0 aliphatic rings. The van der Waals surface area contributed by atoms with Crippen LogP contribution in [0.25, 0.3) is 0 Å². The number of rotatable bonds is 6. The lowest BCUT2D eigenvalue weighted by molar-refractivity contribution is 0.397. The van der Waals surface area contributed by atoms with E-state index in [-0.39, 0.29) is 17.7 Å². The maximum atomic E-state index is 13.5. The zero-order chi connectivity index (χ0) is 15.2. The molecular weight excluding hydrogens is 272 g/mol. The van der Waals surface area contributed by atoms with E-state index in [1.165, 1.54) is 24.3 Å². The van der Waals surface area contributed by atoms with Crippen LogP contribution in [-0.2, 0) is 6.42 Å². The SMILES string of the molecule is CCNC(Cc1cccc(F)c1)c1cc(F)ccc1OC. The maximum absolute atomic E-state index is 13.5. The van der Waals surface area contributed by atoms with Crippen LogP contribution in [0.5, 0.6) is 5.75 Å². The third-order valence-corrected chi connectivity index (χ3v) is 3.35. The quantitative estimate of drug-likeness (QED) is 0.872. The van der Waals surface area contributed by atoms with Crippen molar-refractivity contribution < 1.29 is 13.5 Å². The Labute approximate surface area is 123 Å². The molecule has 0 saturated heterocycles. The molecule has 0 aliphatic carbocycles. The summed E-state index contributed by atoms with van der Waals surface area (Å²) in [6, 6.07) is 10.8. The highest BCUT2D eigenvalue weighted by molar-refractivity contribution is 5.37. The number of methoxy groups -OCH3 is 1. The largest absolute Gasteiger partial charge is 0.496 e. The lowest BCUT2D eigenvalue weighted by Crippen LogP contribution is -2.23. The fourth-order valence-corrected chi connectivity index (χ4v) is 2.42. The van der Waals surface area contributed by atoms with Crippen LogP contribution in [0, 0.1) is 11.6 Å². The van der Waals surface area contributed by atoms with Gasteiger partial charge in [-0.1, -0.05) is 19.1 Å². The Morgan fingerprint density at radius 3 is 2.52 bits per heavy atom. The summed E-state index contributed by atoms with van der Waals surface area (Å²) in [7, 11) is 1.56. The lowest BCUT2D eigenvalue weighted by Gasteiger charge is -2.21. The van der Waals surface area contributed by atoms with Gasteiger partial charge >= 0.3 is 0 Å². The summed E-state index contributed by atoms with van der Waals surface area (Å²) in [6.45, 7) is 2.70. The van der Waals surface area contributed by atoms with E-state index in [0.29, 0.717) is 12.2 Å². The molecule has 0 bridgehead atoms. The molecule has 0 fully saturated rings. The van der Waals surface area contributed by atoms with Crippen LogP contribution in [0.1, 0.15) is 24.1 Å². The molecule has 0 aliphatic heterocycles. The Kier molecular flexibility index (Phi) is 5.28. The molecule has 112 valence electrons. The van der Waals surface area contributed by atoms with Gasteiger partial charge in [-0.2, -0.15) is 0 Å². The minimum atomic E-state index is -0.312. The highest BCUT2D eigenvalue weighted by Crippen LogP contribution is 2.28. The van der Waals surface area contributed by atoms with Gasteiger partial charge in [-0.25, -0.2) is 8.78 Å². The van der Waals surface area contributed by atoms with Crippen molar-refractivity contribution in [3.8, 4) is 5.75 Å². The smallest absolute Gasteiger partial charge is 0.123 e. The predicted octanol–water partition coefficient (Wildman–Crippen LogP) is 3.87. The van der Waals surface area contributed by atoms with Crippen molar-refractivity contribution in [2.24, 2.45) is 0 Å². The third kappa shape index (κ3) is 4.02. The molecule has 2 aromatic rings. The molecule has 0 heterocycles. The molecule has 0 amide bonds. The molecule has 0 spiro atoms. The van der Waals surface area contributed by atoms with Crippen molar-refractivity contribution in [3.05, 3.63) is 65.2 Å². The number of hydrogen-bond donors (Lipinski definition) is 1. The average Bonchev–Trinajstić information content (AvgIpc) is 2.47. The van der Waals surface area contributed by atoms with Crippen LogP contribution in [-0.4, -0.2) is 13.7 Å². The Bertz CT molecular complexity index is 601. The zero-order valence-electron chi connectivity index (χ0n) is 12.2. The van der Waals surface area contributed by atoms with Gasteiger partial charge in [0.05, 0.1) is 7.11 Å². The summed E-state index contributed by atoms with van der Waals surface area (Å²) in [5, 5.41) is 3.30. The highest BCUT2D eigenvalue weighted by Gasteiger charge is 2.17. The topological polar surface area (TPSA) is 21.3 Å². The van der Waals surface area contributed by atoms with Crippen LogP contribution >= 0.6 is 0 Å². The predicted molar refractivity (Wildman–Crippen MR) is 79.5 cm³/mol. The summed E-state index contributed by atoms with van der Waals surface area (Å²) >= 11 is 0. The third-order valence-electron chi connectivity index (χ3n) is 3.35. The molecule has 2 aromatic carbocycles. The Balaban J connectivity index is 2.32. The number of nitrogens with one attached hydrogen (secondary N) is 1. The molecule has 0 aromatic heterocycles. The van der Waals surface area contributed by atoms with Gasteiger partial charge in [0, 0.05) is 11.6 Å². The molecule has 1 atom stereocenters. The minimum Gasteiger partial charge on any atom is -0.496 e.